The lowest BCUT2D eigenvalue weighted by atomic mass is 9.88. The lowest BCUT2D eigenvalue weighted by Crippen LogP contribution is -2.56. The van der Waals surface area contributed by atoms with E-state index in [9.17, 15) is 4.79 Å². The minimum atomic E-state index is -0.256. The largest absolute Gasteiger partial charge is 0.463 e. The van der Waals surface area contributed by atoms with Crippen molar-refractivity contribution >= 4 is 39.8 Å². The fraction of sp³-hybridized carbons (Fsp3) is 0.471. The first-order valence-electron chi connectivity index (χ1n) is 15.5. The molecule has 0 aliphatic carbocycles. The lowest BCUT2D eigenvalue weighted by molar-refractivity contribution is -0.128. The van der Waals surface area contributed by atoms with Gasteiger partial charge in [-0.15, -0.1) is 0 Å². The Hall–Kier alpha value is -3.91. The number of hydrogen-bond acceptors (Lipinski definition) is 8. The van der Waals surface area contributed by atoms with Gasteiger partial charge in [0.1, 0.15) is 18.5 Å². The second-order valence-corrected chi connectivity index (χ2v) is 13.0. The van der Waals surface area contributed by atoms with E-state index in [2.05, 4.69) is 64.5 Å². The lowest BCUT2D eigenvalue weighted by Gasteiger charge is -2.41. The van der Waals surface area contributed by atoms with Crippen molar-refractivity contribution in [1.29, 1.82) is 0 Å². The van der Waals surface area contributed by atoms with Gasteiger partial charge in [-0.25, -0.2) is 6.57 Å². The third kappa shape index (κ3) is 6.43. The summed E-state index contributed by atoms with van der Waals surface area (Å²) >= 11 is 6.72. The van der Waals surface area contributed by atoms with Crippen LogP contribution in [-0.4, -0.2) is 105 Å². The highest BCUT2D eigenvalue weighted by atomic mass is 35.5. The standard InChI is InChI=1S/C34H40ClN7O3/c1-5-30(43)42-16-15-41(19-25(42)18-36-2)32-26-12-14-40(29-11-7-9-24-8-6-10-27(35)31(24)29)20-28(26)37-33(38-32)45-23-34(21-39(3)4)13-17-44-22-34/h5-11,25H,1,12-23H2,3-4H3/t25-,34?/m0/s1. The van der Waals surface area contributed by atoms with Crippen molar-refractivity contribution in [2.75, 3.05) is 83.0 Å². The van der Waals surface area contributed by atoms with Crippen LogP contribution in [0, 0.1) is 12.0 Å². The molecule has 0 radical (unpaired) electrons. The Labute approximate surface area is 270 Å². The van der Waals surface area contributed by atoms with E-state index in [1.807, 2.05) is 12.1 Å². The highest BCUT2D eigenvalue weighted by Crippen LogP contribution is 2.38. The van der Waals surface area contributed by atoms with Gasteiger partial charge in [0, 0.05) is 61.4 Å². The zero-order chi connectivity index (χ0) is 31.6. The highest BCUT2D eigenvalue weighted by Gasteiger charge is 2.38. The molecule has 10 nitrogen and oxygen atoms in total. The van der Waals surface area contributed by atoms with Crippen LogP contribution in [0.3, 0.4) is 0 Å². The minimum Gasteiger partial charge on any atom is -0.463 e. The number of nitrogens with zero attached hydrogens (tertiary/aromatic N) is 7. The molecular formula is C34H40ClN7O3. The molecule has 236 valence electrons. The summed E-state index contributed by atoms with van der Waals surface area (Å²) in [7, 11) is 4.13. The van der Waals surface area contributed by atoms with E-state index in [0.717, 1.165) is 64.5 Å². The van der Waals surface area contributed by atoms with Crippen LogP contribution in [0.4, 0.5) is 11.5 Å². The molecule has 2 atom stereocenters. The number of ether oxygens (including phenoxy) is 2. The first-order chi connectivity index (χ1) is 21.8. The molecule has 0 bridgehead atoms. The number of piperazine rings is 1. The van der Waals surface area contributed by atoms with Crippen LogP contribution in [0.1, 0.15) is 17.7 Å². The summed E-state index contributed by atoms with van der Waals surface area (Å²) in [6.45, 7) is 17.0. The smallest absolute Gasteiger partial charge is 0.318 e. The Morgan fingerprint density at radius 1 is 1.22 bits per heavy atom. The quantitative estimate of drug-likeness (QED) is 0.256. The highest BCUT2D eigenvalue weighted by molar-refractivity contribution is 6.36. The van der Waals surface area contributed by atoms with Gasteiger partial charge in [-0.05, 0) is 50.5 Å². The number of aromatic nitrogens is 2. The molecule has 0 saturated carbocycles. The van der Waals surface area contributed by atoms with Crippen LogP contribution in [0.2, 0.25) is 5.02 Å². The molecule has 2 fully saturated rings. The molecule has 0 N–H and O–H groups in total. The van der Waals surface area contributed by atoms with Gasteiger partial charge >= 0.3 is 6.01 Å². The number of fused-ring (bicyclic) bond motifs is 2. The van der Waals surface area contributed by atoms with Crippen LogP contribution < -0.4 is 14.5 Å². The molecule has 3 aliphatic heterocycles. The van der Waals surface area contributed by atoms with E-state index >= 15 is 0 Å². The zero-order valence-corrected chi connectivity index (χ0v) is 26.8. The average Bonchev–Trinajstić information content (AvgIpc) is 3.50. The number of anilines is 2. The van der Waals surface area contributed by atoms with E-state index in [0.29, 0.717) is 52.0 Å². The summed E-state index contributed by atoms with van der Waals surface area (Å²) in [4.78, 5) is 34.7. The first-order valence-corrected chi connectivity index (χ1v) is 15.9. The van der Waals surface area contributed by atoms with Crippen LogP contribution >= 0.6 is 11.6 Å². The van der Waals surface area contributed by atoms with Gasteiger partial charge in [-0.1, -0.05) is 42.4 Å². The Morgan fingerprint density at radius 3 is 2.78 bits per heavy atom. The second kappa shape index (κ2) is 13.2. The predicted octanol–water partition coefficient (Wildman–Crippen LogP) is 4.32. The SMILES string of the molecule is [C-]#[N+]C[C@H]1CN(c2nc(OCC3(CN(C)C)CCOC3)nc3c2CCN(c2cccc4cccc(Cl)c24)C3)CCN1C(=O)C=C. The fourth-order valence-corrected chi connectivity index (χ4v) is 7.28. The summed E-state index contributed by atoms with van der Waals surface area (Å²) in [5, 5.41) is 2.86. The molecule has 3 aromatic rings. The van der Waals surface area contributed by atoms with Crippen LogP contribution in [0.25, 0.3) is 15.6 Å². The van der Waals surface area contributed by atoms with Crippen LogP contribution in [-0.2, 0) is 22.5 Å². The van der Waals surface area contributed by atoms with Crippen LogP contribution in [0.5, 0.6) is 6.01 Å². The van der Waals surface area contributed by atoms with Gasteiger partial charge in [-0.2, -0.15) is 9.97 Å². The van der Waals surface area contributed by atoms with Crippen molar-refractivity contribution in [2.24, 2.45) is 5.41 Å². The number of carbonyl (C=O) groups is 1. The van der Waals surface area contributed by atoms with Gasteiger partial charge in [0.05, 0.1) is 23.9 Å². The summed E-state index contributed by atoms with van der Waals surface area (Å²) in [6.07, 6.45) is 2.98. The van der Waals surface area contributed by atoms with Gasteiger partial charge in [0.15, 0.2) is 0 Å². The van der Waals surface area contributed by atoms with E-state index < -0.39 is 0 Å². The molecule has 0 spiro atoms. The summed E-state index contributed by atoms with van der Waals surface area (Å²) < 4.78 is 12.3. The molecule has 2 aromatic carbocycles. The number of benzene rings is 2. The topological polar surface area (TPSA) is 78.6 Å². The van der Waals surface area contributed by atoms with Gasteiger partial charge < -0.3 is 33.9 Å². The Morgan fingerprint density at radius 2 is 2.04 bits per heavy atom. The summed E-state index contributed by atoms with van der Waals surface area (Å²) in [5.74, 6) is 0.682. The van der Waals surface area contributed by atoms with Gasteiger partial charge in [0.25, 0.3) is 0 Å². The van der Waals surface area contributed by atoms with Gasteiger partial charge in [0.2, 0.25) is 12.5 Å². The Bertz CT molecular complexity index is 1610. The van der Waals surface area contributed by atoms with Crippen molar-refractivity contribution in [1.82, 2.24) is 19.8 Å². The molecule has 1 unspecified atom stereocenters. The number of carbonyl (C=O) groups excluding carboxylic acids is 1. The molecular weight excluding hydrogens is 590 g/mol. The molecule has 6 rings (SSSR count). The van der Waals surface area contributed by atoms with E-state index in [1.165, 1.54) is 6.08 Å². The zero-order valence-electron chi connectivity index (χ0n) is 26.0. The third-order valence-electron chi connectivity index (χ3n) is 9.08. The van der Waals surface area contributed by atoms with E-state index in [1.54, 1.807) is 4.90 Å². The normalized spacial score (nSPS) is 21.6. The number of hydrogen-bond donors (Lipinski definition) is 0. The monoisotopic (exact) mass is 629 g/mol. The average molecular weight is 630 g/mol. The van der Waals surface area contributed by atoms with Crippen LogP contribution in [0.15, 0.2) is 49.1 Å². The van der Waals surface area contributed by atoms with Crippen molar-refractivity contribution in [3.05, 3.63) is 76.8 Å². The number of amides is 1. The summed E-state index contributed by atoms with van der Waals surface area (Å²) in [6, 6.07) is 12.4. The van der Waals surface area contributed by atoms with Crippen molar-refractivity contribution < 1.29 is 14.3 Å². The fourth-order valence-electron chi connectivity index (χ4n) is 7.00. The molecule has 1 amide bonds. The van der Waals surface area contributed by atoms with Crippen molar-refractivity contribution in [3.63, 3.8) is 0 Å². The summed E-state index contributed by atoms with van der Waals surface area (Å²) in [5.41, 5.74) is 2.95. The van der Waals surface area contributed by atoms with Crippen molar-refractivity contribution in [3.8, 4) is 6.01 Å². The second-order valence-electron chi connectivity index (χ2n) is 12.5. The van der Waals surface area contributed by atoms with Crippen molar-refractivity contribution in [2.45, 2.75) is 25.4 Å². The third-order valence-corrected chi connectivity index (χ3v) is 9.40. The molecule has 1 aromatic heterocycles. The van der Waals surface area contributed by atoms with Gasteiger partial charge in [-0.3, -0.25) is 4.79 Å². The molecule has 11 heteroatoms. The maximum atomic E-state index is 12.6. The first kappa shape index (κ1) is 31.1. The number of rotatable bonds is 9. The molecule has 3 aliphatic rings. The Balaban J connectivity index is 1.35. The predicted molar refractivity (Wildman–Crippen MR) is 177 cm³/mol. The molecule has 4 heterocycles. The van der Waals surface area contributed by atoms with E-state index in [-0.39, 0.29) is 23.9 Å². The maximum Gasteiger partial charge on any atom is 0.318 e. The maximum absolute atomic E-state index is 12.6. The Kier molecular flexibility index (Phi) is 9.13. The minimum absolute atomic E-state index is 0.133. The number of halogens is 1. The molecule has 45 heavy (non-hydrogen) atoms. The van der Waals surface area contributed by atoms with E-state index in [4.69, 9.17) is 37.6 Å². The molecule has 2 saturated heterocycles.